The fraction of sp³-hybridized carbons (Fsp3) is 0.500. The van der Waals surface area contributed by atoms with Crippen LogP contribution in [-0.2, 0) is 10.1 Å². The van der Waals surface area contributed by atoms with Gasteiger partial charge in [-0.05, 0) is 0 Å². The zero-order valence-corrected chi connectivity index (χ0v) is 8.95. The van der Waals surface area contributed by atoms with Crippen molar-refractivity contribution in [1.82, 2.24) is 15.0 Å². The van der Waals surface area contributed by atoms with Crippen molar-refractivity contribution < 1.29 is 21.8 Å². The molecule has 16 heavy (non-hydrogen) atoms. The van der Waals surface area contributed by atoms with Gasteiger partial charge in [0, 0.05) is 13.6 Å². The maximum absolute atomic E-state index is 12.6. The largest absolute Gasteiger partial charge is 0.343 e. The average Bonchev–Trinajstić information content (AvgIpc) is 2.11. The highest BCUT2D eigenvalue weighted by molar-refractivity contribution is 7.85. The number of hydrogen-bond acceptors (Lipinski definition) is 6. The van der Waals surface area contributed by atoms with E-state index >= 15 is 0 Å². The van der Waals surface area contributed by atoms with E-state index in [2.05, 4.69) is 15.0 Å². The van der Waals surface area contributed by atoms with Crippen molar-refractivity contribution in [3.05, 3.63) is 12.2 Å². The summed E-state index contributed by atoms with van der Waals surface area (Å²) in [6, 6.07) is 0. The SMILES string of the molecule is CN(CCS(=O)(=O)O)c1nc(F)nc(F)n1. The predicted octanol–water partition coefficient (Wildman–Crippen LogP) is -0.526. The van der Waals surface area contributed by atoms with E-state index < -0.39 is 28.0 Å². The second kappa shape index (κ2) is 4.61. The molecule has 0 aromatic carbocycles. The number of nitrogens with zero attached hydrogens (tertiary/aromatic N) is 4. The number of hydrogen-bond donors (Lipinski definition) is 1. The number of aromatic nitrogens is 3. The maximum Gasteiger partial charge on any atom is 0.315 e. The van der Waals surface area contributed by atoms with Crippen molar-refractivity contribution in [3.63, 3.8) is 0 Å². The molecular weight excluding hydrogens is 246 g/mol. The molecule has 1 heterocycles. The summed E-state index contributed by atoms with van der Waals surface area (Å²) in [5.41, 5.74) is 0. The summed E-state index contributed by atoms with van der Waals surface area (Å²) in [7, 11) is -2.83. The van der Waals surface area contributed by atoms with Crippen molar-refractivity contribution in [1.29, 1.82) is 0 Å². The van der Waals surface area contributed by atoms with E-state index in [-0.39, 0.29) is 12.5 Å². The van der Waals surface area contributed by atoms with Gasteiger partial charge in [-0.15, -0.1) is 0 Å². The highest BCUT2D eigenvalue weighted by Gasteiger charge is 2.12. The van der Waals surface area contributed by atoms with Crippen LogP contribution in [0.1, 0.15) is 0 Å². The molecule has 0 saturated heterocycles. The monoisotopic (exact) mass is 254 g/mol. The van der Waals surface area contributed by atoms with E-state index in [1.807, 2.05) is 0 Å². The van der Waals surface area contributed by atoms with Gasteiger partial charge in [-0.1, -0.05) is 0 Å². The van der Waals surface area contributed by atoms with Crippen LogP contribution in [-0.4, -0.2) is 47.3 Å². The molecule has 90 valence electrons. The van der Waals surface area contributed by atoms with Crippen LogP contribution in [0.4, 0.5) is 14.7 Å². The molecule has 0 saturated carbocycles. The van der Waals surface area contributed by atoms with E-state index in [4.69, 9.17) is 4.55 Å². The summed E-state index contributed by atoms with van der Waals surface area (Å²) < 4.78 is 54.5. The van der Waals surface area contributed by atoms with E-state index in [0.717, 1.165) is 4.90 Å². The molecule has 7 nitrogen and oxygen atoms in total. The Labute approximate surface area is 89.9 Å². The highest BCUT2D eigenvalue weighted by atomic mass is 32.2. The molecule has 0 aliphatic heterocycles. The number of rotatable bonds is 4. The Morgan fingerprint density at radius 1 is 1.25 bits per heavy atom. The molecule has 0 aliphatic carbocycles. The van der Waals surface area contributed by atoms with E-state index in [9.17, 15) is 17.2 Å². The molecule has 0 spiro atoms. The highest BCUT2D eigenvalue weighted by Crippen LogP contribution is 2.04. The molecule has 0 fully saturated rings. The molecule has 0 aliphatic rings. The Bertz CT molecular complexity index is 460. The lowest BCUT2D eigenvalue weighted by Gasteiger charge is -2.15. The van der Waals surface area contributed by atoms with Crippen molar-refractivity contribution in [2.45, 2.75) is 0 Å². The zero-order valence-electron chi connectivity index (χ0n) is 8.13. The normalized spacial score (nSPS) is 11.5. The Morgan fingerprint density at radius 3 is 2.19 bits per heavy atom. The molecule has 0 radical (unpaired) electrons. The lowest BCUT2D eigenvalue weighted by Crippen LogP contribution is -2.27. The van der Waals surface area contributed by atoms with Gasteiger partial charge in [-0.3, -0.25) is 4.55 Å². The minimum atomic E-state index is -4.15. The average molecular weight is 254 g/mol. The first-order valence-electron chi connectivity index (χ1n) is 4.01. The topological polar surface area (TPSA) is 96.3 Å². The standard InChI is InChI=1S/C6H8F2N4O3S/c1-12(2-3-16(13,14)15)6-10-4(7)9-5(8)11-6/h2-3H2,1H3,(H,13,14,15). The molecule has 0 atom stereocenters. The lowest BCUT2D eigenvalue weighted by molar-refractivity contribution is 0.454. The molecule has 10 heteroatoms. The first-order chi connectivity index (χ1) is 7.28. The smallest absolute Gasteiger partial charge is 0.315 e. The van der Waals surface area contributed by atoms with Gasteiger partial charge in [-0.2, -0.15) is 32.2 Å². The van der Waals surface area contributed by atoms with E-state index in [1.54, 1.807) is 0 Å². The second-order valence-corrected chi connectivity index (χ2v) is 4.45. The summed E-state index contributed by atoms with van der Waals surface area (Å²) in [6.07, 6.45) is -2.61. The molecule has 0 unspecified atom stereocenters. The van der Waals surface area contributed by atoms with Gasteiger partial charge in [0.1, 0.15) is 0 Å². The molecule has 1 aromatic rings. The van der Waals surface area contributed by atoms with Gasteiger partial charge in [0.2, 0.25) is 5.95 Å². The van der Waals surface area contributed by atoms with Crippen LogP contribution in [0.25, 0.3) is 0 Å². The quantitative estimate of drug-likeness (QED) is 0.721. The van der Waals surface area contributed by atoms with Crippen LogP contribution in [0.3, 0.4) is 0 Å². The van der Waals surface area contributed by atoms with Crippen LogP contribution in [0.2, 0.25) is 0 Å². The van der Waals surface area contributed by atoms with Gasteiger partial charge in [-0.25, -0.2) is 0 Å². The molecular formula is C6H8F2N4O3S. The molecule has 1 aromatic heterocycles. The fourth-order valence-corrected chi connectivity index (χ4v) is 1.34. The van der Waals surface area contributed by atoms with Crippen molar-refractivity contribution >= 4 is 16.1 Å². The van der Waals surface area contributed by atoms with E-state index in [1.165, 1.54) is 7.05 Å². The first-order valence-corrected chi connectivity index (χ1v) is 5.62. The zero-order chi connectivity index (χ0) is 12.3. The maximum atomic E-state index is 12.6. The summed E-state index contributed by atoms with van der Waals surface area (Å²) in [5.74, 6) is -0.952. The summed E-state index contributed by atoms with van der Waals surface area (Å²) in [6.45, 7) is -0.207. The van der Waals surface area contributed by atoms with Crippen molar-refractivity contribution in [2.75, 3.05) is 24.2 Å². The Hall–Kier alpha value is -1.42. The van der Waals surface area contributed by atoms with Gasteiger partial charge in [0.15, 0.2) is 0 Å². The third-order valence-corrected chi connectivity index (χ3v) is 2.29. The number of halogens is 2. The second-order valence-electron chi connectivity index (χ2n) is 2.88. The Kier molecular flexibility index (Phi) is 3.65. The third-order valence-electron chi connectivity index (χ3n) is 1.60. The van der Waals surface area contributed by atoms with E-state index in [0.29, 0.717) is 0 Å². The summed E-state index contributed by atoms with van der Waals surface area (Å²) >= 11 is 0. The van der Waals surface area contributed by atoms with Crippen molar-refractivity contribution in [2.24, 2.45) is 0 Å². The van der Waals surface area contributed by atoms with Crippen LogP contribution in [0.5, 0.6) is 0 Å². The minimum Gasteiger partial charge on any atom is -0.343 e. The fourth-order valence-electron chi connectivity index (χ4n) is 0.839. The first kappa shape index (κ1) is 12.6. The summed E-state index contributed by atoms with van der Waals surface area (Å²) in [5, 5.41) is 0. The van der Waals surface area contributed by atoms with Crippen LogP contribution in [0.15, 0.2) is 0 Å². The third kappa shape index (κ3) is 3.98. The van der Waals surface area contributed by atoms with Gasteiger partial charge in [0.05, 0.1) is 5.75 Å². The molecule has 0 bridgehead atoms. The van der Waals surface area contributed by atoms with Crippen LogP contribution >= 0.6 is 0 Å². The Balaban J connectivity index is 2.76. The number of anilines is 1. The molecule has 1 rings (SSSR count). The van der Waals surface area contributed by atoms with Crippen LogP contribution < -0.4 is 4.90 Å². The lowest BCUT2D eigenvalue weighted by atomic mass is 10.6. The Morgan fingerprint density at radius 2 is 1.75 bits per heavy atom. The minimum absolute atomic E-state index is 0.207. The van der Waals surface area contributed by atoms with Gasteiger partial charge in [0.25, 0.3) is 10.1 Å². The van der Waals surface area contributed by atoms with Gasteiger partial charge >= 0.3 is 12.2 Å². The molecule has 0 amide bonds. The van der Waals surface area contributed by atoms with Gasteiger partial charge < -0.3 is 4.90 Å². The van der Waals surface area contributed by atoms with Crippen LogP contribution in [0, 0.1) is 12.2 Å². The molecule has 1 N–H and O–H groups in total. The predicted molar refractivity (Wildman–Crippen MR) is 49.4 cm³/mol. The van der Waals surface area contributed by atoms with Crippen molar-refractivity contribution in [3.8, 4) is 0 Å². The summed E-state index contributed by atoms with van der Waals surface area (Å²) in [4.78, 5) is 10.1.